The second-order valence-electron chi connectivity index (χ2n) is 3.07. The fourth-order valence-corrected chi connectivity index (χ4v) is 1.60. The summed E-state index contributed by atoms with van der Waals surface area (Å²) in [6.07, 6.45) is 1.30. The lowest BCUT2D eigenvalue weighted by molar-refractivity contribution is -0.112. The molecule has 1 heterocycles. The number of anilines is 1. The van der Waals surface area contributed by atoms with Gasteiger partial charge in [-0.05, 0) is 6.07 Å². The molecule has 0 N–H and O–H groups in total. The van der Waals surface area contributed by atoms with E-state index in [0.29, 0.717) is 5.57 Å². The maximum absolute atomic E-state index is 11.7. The average molecular weight is 184 g/mol. The Labute approximate surface area is 81.9 Å². The van der Waals surface area contributed by atoms with Crippen LogP contribution in [0.1, 0.15) is 5.56 Å². The van der Waals surface area contributed by atoms with Gasteiger partial charge in [0.05, 0.1) is 17.3 Å². The number of nitriles is 1. The van der Waals surface area contributed by atoms with Crippen LogP contribution in [-0.4, -0.2) is 13.0 Å². The Morgan fingerprint density at radius 2 is 2.14 bits per heavy atom. The summed E-state index contributed by atoms with van der Waals surface area (Å²) >= 11 is 0. The molecule has 2 rings (SSSR count). The third-order valence-corrected chi connectivity index (χ3v) is 2.30. The van der Waals surface area contributed by atoms with Gasteiger partial charge in [0.15, 0.2) is 0 Å². The number of para-hydroxylation sites is 1. The van der Waals surface area contributed by atoms with E-state index in [0.717, 1.165) is 11.3 Å². The van der Waals surface area contributed by atoms with Crippen LogP contribution in [0.25, 0.3) is 5.57 Å². The van der Waals surface area contributed by atoms with Crippen LogP contribution in [0.4, 0.5) is 5.69 Å². The Bertz CT molecular complexity index is 468. The summed E-state index contributed by atoms with van der Waals surface area (Å²) in [6, 6.07) is 9.34. The number of nitrogens with zero attached hydrogens (tertiary/aromatic N) is 2. The zero-order valence-electron chi connectivity index (χ0n) is 7.69. The molecule has 0 aliphatic carbocycles. The highest BCUT2D eigenvalue weighted by Gasteiger charge is 2.28. The molecule has 1 amide bonds. The highest BCUT2D eigenvalue weighted by molar-refractivity contribution is 6.32. The molecule has 0 fully saturated rings. The minimum absolute atomic E-state index is 0.118. The first-order chi connectivity index (χ1) is 6.75. The normalized spacial score (nSPS) is 17.0. The highest BCUT2D eigenvalue weighted by atomic mass is 16.2. The van der Waals surface area contributed by atoms with E-state index < -0.39 is 0 Å². The van der Waals surface area contributed by atoms with Crippen LogP contribution in [0.5, 0.6) is 0 Å². The van der Waals surface area contributed by atoms with Crippen LogP contribution in [-0.2, 0) is 4.79 Å². The summed E-state index contributed by atoms with van der Waals surface area (Å²) in [5.41, 5.74) is 2.17. The van der Waals surface area contributed by atoms with Crippen molar-refractivity contribution in [1.82, 2.24) is 0 Å². The Kier molecular flexibility index (Phi) is 1.83. The van der Waals surface area contributed by atoms with Gasteiger partial charge in [0.1, 0.15) is 0 Å². The number of likely N-dealkylation sites (N-methyl/N-ethyl adjacent to an activating group) is 1. The molecule has 0 bridgehead atoms. The van der Waals surface area contributed by atoms with Crippen LogP contribution in [0, 0.1) is 11.3 Å². The van der Waals surface area contributed by atoms with Gasteiger partial charge in [0.2, 0.25) is 0 Å². The summed E-state index contributed by atoms with van der Waals surface area (Å²) < 4.78 is 0. The third kappa shape index (κ3) is 1.01. The maximum Gasteiger partial charge on any atom is 0.259 e. The van der Waals surface area contributed by atoms with Gasteiger partial charge in [-0.3, -0.25) is 4.79 Å². The number of benzene rings is 1. The number of carbonyl (C=O) groups excluding carboxylic acids is 1. The molecule has 68 valence electrons. The van der Waals surface area contributed by atoms with E-state index in [1.165, 1.54) is 6.08 Å². The van der Waals surface area contributed by atoms with Crippen molar-refractivity contribution in [3.8, 4) is 6.07 Å². The highest BCUT2D eigenvalue weighted by Crippen LogP contribution is 2.34. The predicted octanol–water partition coefficient (Wildman–Crippen LogP) is 1.57. The van der Waals surface area contributed by atoms with Crippen molar-refractivity contribution in [3.05, 3.63) is 35.9 Å². The number of fused-ring (bicyclic) bond motifs is 1. The Morgan fingerprint density at radius 1 is 1.43 bits per heavy atom. The molecule has 0 radical (unpaired) electrons. The Hall–Kier alpha value is -2.08. The summed E-state index contributed by atoms with van der Waals surface area (Å²) in [7, 11) is 1.71. The van der Waals surface area contributed by atoms with E-state index >= 15 is 0 Å². The van der Waals surface area contributed by atoms with Gasteiger partial charge in [-0.1, -0.05) is 18.2 Å². The van der Waals surface area contributed by atoms with E-state index in [4.69, 9.17) is 5.26 Å². The summed E-state index contributed by atoms with van der Waals surface area (Å²) in [5, 5.41) is 8.56. The largest absolute Gasteiger partial charge is 0.311 e. The minimum Gasteiger partial charge on any atom is -0.311 e. The molecule has 3 heteroatoms. The number of carbonyl (C=O) groups is 1. The molecule has 1 aliphatic heterocycles. The topological polar surface area (TPSA) is 44.1 Å². The van der Waals surface area contributed by atoms with Crippen molar-refractivity contribution in [3.63, 3.8) is 0 Å². The van der Waals surface area contributed by atoms with Gasteiger partial charge in [0.25, 0.3) is 5.91 Å². The molecule has 0 spiro atoms. The van der Waals surface area contributed by atoms with Gasteiger partial charge in [-0.2, -0.15) is 5.26 Å². The molecular weight excluding hydrogens is 176 g/mol. The van der Waals surface area contributed by atoms with E-state index in [9.17, 15) is 4.79 Å². The number of rotatable bonds is 0. The summed E-state index contributed by atoms with van der Waals surface area (Å²) in [6.45, 7) is 0. The SMILES string of the molecule is CN1C(=O)C(=CC#N)c2ccccc21. The zero-order chi connectivity index (χ0) is 10.1. The van der Waals surface area contributed by atoms with E-state index in [1.807, 2.05) is 30.3 Å². The van der Waals surface area contributed by atoms with Crippen LogP contribution in [0.15, 0.2) is 30.3 Å². The summed E-state index contributed by atoms with van der Waals surface area (Å²) in [4.78, 5) is 13.2. The average Bonchev–Trinajstić information content (AvgIpc) is 2.45. The van der Waals surface area contributed by atoms with E-state index in [1.54, 1.807) is 11.9 Å². The quantitative estimate of drug-likeness (QED) is 0.453. The van der Waals surface area contributed by atoms with Crippen LogP contribution in [0.3, 0.4) is 0 Å². The van der Waals surface area contributed by atoms with Crippen molar-refractivity contribution in [2.75, 3.05) is 11.9 Å². The molecule has 0 saturated carbocycles. The van der Waals surface area contributed by atoms with Gasteiger partial charge >= 0.3 is 0 Å². The molecule has 14 heavy (non-hydrogen) atoms. The minimum atomic E-state index is -0.118. The molecule has 1 aromatic rings. The van der Waals surface area contributed by atoms with E-state index in [-0.39, 0.29) is 5.91 Å². The van der Waals surface area contributed by atoms with Crippen LogP contribution >= 0.6 is 0 Å². The van der Waals surface area contributed by atoms with Gasteiger partial charge in [-0.15, -0.1) is 0 Å². The Balaban J connectivity index is 2.66. The molecule has 0 aromatic heterocycles. The van der Waals surface area contributed by atoms with Crippen molar-refractivity contribution in [2.24, 2.45) is 0 Å². The zero-order valence-corrected chi connectivity index (χ0v) is 7.69. The molecular formula is C11H8N2O. The molecule has 3 nitrogen and oxygen atoms in total. The van der Waals surface area contributed by atoms with Crippen molar-refractivity contribution >= 4 is 17.2 Å². The molecule has 0 saturated heterocycles. The molecule has 0 atom stereocenters. The number of hydrogen-bond acceptors (Lipinski definition) is 2. The first-order valence-corrected chi connectivity index (χ1v) is 4.23. The maximum atomic E-state index is 11.7. The van der Waals surface area contributed by atoms with Gasteiger partial charge < -0.3 is 4.90 Å². The van der Waals surface area contributed by atoms with Crippen LogP contribution in [0.2, 0.25) is 0 Å². The smallest absolute Gasteiger partial charge is 0.259 e. The van der Waals surface area contributed by atoms with Crippen molar-refractivity contribution in [1.29, 1.82) is 5.26 Å². The molecule has 1 aromatic carbocycles. The lowest BCUT2D eigenvalue weighted by Gasteiger charge is -2.07. The lowest BCUT2D eigenvalue weighted by atomic mass is 10.1. The fraction of sp³-hybridized carbons (Fsp3) is 0.0909. The molecule has 1 aliphatic rings. The van der Waals surface area contributed by atoms with Crippen LogP contribution < -0.4 is 4.90 Å². The van der Waals surface area contributed by atoms with E-state index in [2.05, 4.69) is 0 Å². The fourth-order valence-electron chi connectivity index (χ4n) is 1.60. The lowest BCUT2D eigenvalue weighted by Crippen LogP contribution is -2.20. The number of hydrogen-bond donors (Lipinski definition) is 0. The standard InChI is InChI=1S/C11H8N2O/c1-13-10-5-3-2-4-8(10)9(6-7-12)11(13)14/h2-6H,1H3. The predicted molar refractivity (Wildman–Crippen MR) is 53.4 cm³/mol. The number of amides is 1. The second kappa shape index (κ2) is 3.00. The first kappa shape index (κ1) is 8.52. The van der Waals surface area contributed by atoms with Crippen molar-refractivity contribution in [2.45, 2.75) is 0 Å². The third-order valence-electron chi connectivity index (χ3n) is 2.30. The molecule has 0 unspecified atom stereocenters. The van der Waals surface area contributed by atoms with Crippen molar-refractivity contribution < 1.29 is 4.79 Å². The van der Waals surface area contributed by atoms with Gasteiger partial charge in [-0.25, -0.2) is 0 Å². The Morgan fingerprint density at radius 3 is 2.86 bits per heavy atom. The number of allylic oxidation sites excluding steroid dienone is 1. The summed E-state index contributed by atoms with van der Waals surface area (Å²) in [5.74, 6) is -0.118. The monoisotopic (exact) mass is 184 g/mol. The second-order valence-corrected chi connectivity index (χ2v) is 3.07. The van der Waals surface area contributed by atoms with Gasteiger partial charge in [0, 0.05) is 18.7 Å². The first-order valence-electron chi connectivity index (χ1n) is 4.23.